The van der Waals surface area contributed by atoms with Crippen molar-refractivity contribution in [3.05, 3.63) is 29.3 Å². The maximum atomic E-state index is 11.8. The molecule has 6 heteroatoms. The number of esters is 1. The number of carbonyl (C=O) groups is 2. The molecule has 5 nitrogen and oxygen atoms in total. The quantitative estimate of drug-likeness (QED) is 0.567. The molecule has 0 heterocycles. The van der Waals surface area contributed by atoms with Crippen molar-refractivity contribution in [2.24, 2.45) is 5.73 Å². The van der Waals surface area contributed by atoms with Crippen LogP contribution in [0.4, 0.5) is 5.69 Å². The van der Waals surface area contributed by atoms with E-state index in [9.17, 15) is 9.59 Å². The molecule has 22 heavy (non-hydrogen) atoms. The molecule has 0 aliphatic carbocycles. The Morgan fingerprint density at radius 1 is 1.18 bits per heavy atom. The topological polar surface area (TPSA) is 81.4 Å². The number of rotatable bonds is 8. The number of nitrogens with one attached hydrogen (secondary N) is 1. The summed E-state index contributed by atoms with van der Waals surface area (Å²) < 4.78 is 4.69. The molecule has 1 amide bonds. The van der Waals surface area contributed by atoms with Gasteiger partial charge in [-0.2, -0.15) is 0 Å². The van der Waals surface area contributed by atoms with Crippen LogP contribution in [0.15, 0.2) is 18.2 Å². The normalized spacial score (nSPS) is 9.77. The zero-order valence-electron chi connectivity index (χ0n) is 13.2. The summed E-state index contributed by atoms with van der Waals surface area (Å²) in [6, 6.07) is 5.15. The molecule has 1 rings (SSSR count). The third-order valence-electron chi connectivity index (χ3n) is 3.27. The molecule has 0 fully saturated rings. The minimum atomic E-state index is -0.370. The molecule has 0 aromatic heterocycles. The monoisotopic (exact) mass is 328 g/mol. The molecule has 1 aromatic rings. The molecular weight excluding hydrogens is 304 g/mol. The number of ether oxygens (including phenoxy) is 1. The largest absolute Gasteiger partial charge is 0.465 e. The second kappa shape index (κ2) is 11.0. The Balaban J connectivity index is 0.00000441. The third-order valence-corrected chi connectivity index (χ3v) is 3.27. The second-order valence-electron chi connectivity index (χ2n) is 5.02. The molecule has 124 valence electrons. The van der Waals surface area contributed by atoms with E-state index in [0.717, 1.165) is 31.2 Å². The molecule has 0 atom stereocenters. The predicted molar refractivity (Wildman–Crippen MR) is 90.5 cm³/mol. The lowest BCUT2D eigenvalue weighted by Gasteiger charge is -2.08. The summed E-state index contributed by atoms with van der Waals surface area (Å²) in [5, 5.41) is 2.84. The maximum Gasteiger partial charge on any atom is 0.338 e. The van der Waals surface area contributed by atoms with Crippen LogP contribution in [0.1, 0.15) is 48.0 Å². The SMILES string of the molecule is COC(=O)c1ccc(NC(=O)CCCCCCN)cc1C.Cl. The number of hydrogen-bond donors (Lipinski definition) is 2. The molecule has 0 aliphatic rings. The van der Waals surface area contributed by atoms with E-state index in [4.69, 9.17) is 5.73 Å². The summed E-state index contributed by atoms with van der Waals surface area (Å²) in [4.78, 5) is 23.3. The Morgan fingerprint density at radius 3 is 2.45 bits per heavy atom. The van der Waals surface area contributed by atoms with Crippen LogP contribution in [0, 0.1) is 6.92 Å². The first-order valence-corrected chi connectivity index (χ1v) is 7.27. The van der Waals surface area contributed by atoms with Gasteiger partial charge in [0, 0.05) is 12.1 Å². The van der Waals surface area contributed by atoms with Crippen LogP contribution in [0.2, 0.25) is 0 Å². The van der Waals surface area contributed by atoms with Crippen molar-refractivity contribution in [1.82, 2.24) is 0 Å². The highest BCUT2D eigenvalue weighted by atomic mass is 35.5. The van der Waals surface area contributed by atoms with Crippen molar-refractivity contribution in [1.29, 1.82) is 0 Å². The highest BCUT2D eigenvalue weighted by Crippen LogP contribution is 2.16. The van der Waals surface area contributed by atoms with Gasteiger partial charge in [0.05, 0.1) is 12.7 Å². The minimum absolute atomic E-state index is 0. The zero-order valence-corrected chi connectivity index (χ0v) is 14.0. The van der Waals surface area contributed by atoms with E-state index in [1.165, 1.54) is 7.11 Å². The van der Waals surface area contributed by atoms with E-state index in [1.807, 2.05) is 6.92 Å². The number of unbranched alkanes of at least 4 members (excludes halogenated alkanes) is 3. The van der Waals surface area contributed by atoms with Crippen molar-refractivity contribution < 1.29 is 14.3 Å². The Kier molecular flexibility index (Phi) is 10.2. The van der Waals surface area contributed by atoms with Crippen molar-refractivity contribution in [2.45, 2.75) is 39.0 Å². The molecule has 0 bridgehead atoms. The summed E-state index contributed by atoms with van der Waals surface area (Å²) in [5.41, 5.74) is 7.41. The number of halogens is 1. The maximum absolute atomic E-state index is 11.8. The number of methoxy groups -OCH3 is 1. The van der Waals surface area contributed by atoms with E-state index in [2.05, 4.69) is 10.1 Å². The summed E-state index contributed by atoms with van der Waals surface area (Å²) in [6.07, 6.45) is 4.46. The van der Waals surface area contributed by atoms with E-state index in [-0.39, 0.29) is 24.3 Å². The first-order chi connectivity index (χ1) is 10.1. The number of carbonyl (C=O) groups excluding carboxylic acids is 2. The van der Waals surface area contributed by atoms with Gasteiger partial charge in [0.15, 0.2) is 0 Å². The molecule has 0 radical (unpaired) electrons. The molecule has 0 aliphatic heterocycles. The van der Waals surface area contributed by atoms with Crippen LogP contribution in [0.25, 0.3) is 0 Å². The van der Waals surface area contributed by atoms with E-state index in [0.29, 0.717) is 24.2 Å². The van der Waals surface area contributed by atoms with Crippen LogP contribution in [-0.4, -0.2) is 25.5 Å². The van der Waals surface area contributed by atoms with Gasteiger partial charge in [-0.25, -0.2) is 4.79 Å². The standard InChI is InChI=1S/C16H24N2O3.ClH/c1-12-11-13(8-9-14(12)16(20)21-2)18-15(19)7-5-3-4-6-10-17;/h8-9,11H,3-7,10,17H2,1-2H3,(H,18,19);1H. The number of anilines is 1. The van der Waals surface area contributed by atoms with Gasteiger partial charge in [0.25, 0.3) is 0 Å². The summed E-state index contributed by atoms with van der Waals surface area (Å²) in [6.45, 7) is 2.52. The number of hydrogen-bond acceptors (Lipinski definition) is 4. The lowest BCUT2D eigenvalue weighted by molar-refractivity contribution is -0.116. The van der Waals surface area contributed by atoms with Crippen LogP contribution >= 0.6 is 12.4 Å². The first-order valence-electron chi connectivity index (χ1n) is 7.27. The van der Waals surface area contributed by atoms with Gasteiger partial charge in [0.2, 0.25) is 5.91 Å². The Bertz CT molecular complexity index is 492. The molecule has 0 saturated carbocycles. The van der Waals surface area contributed by atoms with Gasteiger partial charge in [-0.15, -0.1) is 12.4 Å². The second-order valence-corrected chi connectivity index (χ2v) is 5.02. The molecule has 3 N–H and O–H groups in total. The van der Waals surface area contributed by atoms with Crippen molar-refractivity contribution in [3.8, 4) is 0 Å². The summed E-state index contributed by atoms with van der Waals surface area (Å²) in [7, 11) is 1.35. The Morgan fingerprint density at radius 2 is 1.86 bits per heavy atom. The smallest absolute Gasteiger partial charge is 0.338 e. The summed E-state index contributed by atoms with van der Waals surface area (Å²) >= 11 is 0. The molecular formula is C16H25ClN2O3. The van der Waals surface area contributed by atoms with Crippen molar-refractivity contribution >= 4 is 30.0 Å². The van der Waals surface area contributed by atoms with E-state index in [1.54, 1.807) is 18.2 Å². The Hall–Kier alpha value is -1.59. The average molecular weight is 329 g/mol. The fourth-order valence-corrected chi connectivity index (χ4v) is 2.09. The van der Waals surface area contributed by atoms with Crippen molar-refractivity contribution in [3.63, 3.8) is 0 Å². The fraction of sp³-hybridized carbons (Fsp3) is 0.500. The van der Waals surface area contributed by atoms with Gasteiger partial charge < -0.3 is 15.8 Å². The summed E-state index contributed by atoms with van der Waals surface area (Å²) in [5.74, 6) is -0.377. The van der Waals surface area contributed by atoms with E-state index >= 15 is 0 Å². The number of benzene rings is 1. The van der Waals surface area contributed by atoms with Crippen LogP contribution in [0.5, 0.6) is 0 Å². The van der Waals surface area contributed by atoms with Gasteiger partial charge in [-0.3, -0.25) is 4.79 Å². The predicted octanol–water partition coefficient (Wildman–Crippen LogP) is 3.05. The molecule has 0 unspecified atom stereocenters. The number of nitrogens with two attached hydrogens (primary N) is 1. The number of amides is 1. The van der Waals surface area contributed by atoms with Crippen molar-refractivity contribution in [2.75, 3.05) is 19.0 Å². The highest BCUT2D eigenvalue weighted by Gasteiger charge is 2.10. The number of aryl methyl sites for hydroxylation is 1. The highest BCUT2D eigenvalue weighted by molar-refractivity contribution is 5.94. The van der Waals surface area contributed by atoms with Gasteiger partial charge in [-0.05, 0) is 50.1 Å². The average Bonchev–Trinajstić information content (AvgIpc) is 2.46. The first kappa shape index (κ1) is 20.4. The third kappa shape index (κ3) is 6.91. The van der Waals surface area contributed by atoms with Crippen LogP contribution in [-0.2, 0) is 9.53 Å². The van der Waals surface area contributed by atoms with Crippen LogP contribution < -0.4 is 11.1 Å². The van der Waals surface area contributed by atoms with Gasteiger partial charge in [-0.1, -0.05) is 12.8 Å². The molecule has 1 aromatic carbocycles. The Labute approximate surface area is 138 Å². The van der Waals surface area contributed by atoms with Gasteiger partial charge >= 0.3 is 5.97 Å². The molecule has 0 saturated heterocycles. The van der Waals surface area contributed by atoms with Crippen LogP contribution in [0.3, 0.4) is 0 Å². The minimum Gasteiger partial charge on any atom is -0.465 e. The zero-order chi connectivity index (χ0) is 15.7. The lowest BCUT2D eigenvalue weighted by atomic mass is 10.1. The molecule has 0 spiro atoms. The lowest BCUT2D eigenvalue weighted by Crippen LogP contribution is -2.12. The van der Waals surface area contributed by atoms with Gasteiger partial charge in [0.1, 0.15) is 0 Å². The fourth-order valence-electron chi connectivity index (χ4n) is 2.09. The van der Waals surface area contributed by atoms with E-state index < -0.39 is 0 Å².